The highest BCUT2D eigenvalue weighted by Gasteiger charge is 2.20. The summed E-state index contributed by atoms with van der Waals surface area (Å²) >= 11 is 5.61. The standard InChI is InChI=1S/C12H11ClFN3O2S/c13-8-4-3-6-10(12(8)14)17-20(18,19)11-7-2-1-5-9(11)16-15/h1-7,16-17H,15H2. The number of hydrogen-bond acceptors (Lipinski definition) is 4. The molecule has 20 heavy (non-hydrogen) atoms. The number of nitrogen functional groups attached to an aromatic ring is 1. The van der Waals surface area contributed by atoms with Crippen LogP contribution in [0.2, 0.25) is 5.02 Å². The zero-order valence-corrected chi connectivity index (χ0v) is 11.7. The topological polar surface area (TPSA) is 84.2 Å². The van der Waals surface area contributed by atoms with E-state index in [1.165, 1.54) is 36.4 Å². The lowest BCUT2D eigenvalue weighted by atomic mass is 10.3. The molecule has 0 spiro atoms. The average Bonchev–Trinajstić information content (AvgIpc) is 2.43. The summed E-state index contributed by atoms with van der Waals surface area (Å²) in [4.78, 5) is -0.0955. The fraction of sp³-hybridized carbons (Fsp3) is 0. The Morgan fingerprint density at radius 2 is 1.70 bits per heavy atom. The van der Waals surface area contributed by atoms with Crippen LogP contribution in [-0.2, 0) is 10.0 Å². The minimum atomic E-state index is -3.99. The second-order valence-corrected chi connectivity index (χ2v) is 5.91. The molecule has 0 amide bonds. The lowest BCUT2D eigenvalue weighted by Gasteiger charge is -2.12. The quantitative estimate of drug-likeness (QED) is 0.598. The maximum absolute atomic E-state index is 13.7. The molecule has 5 nitrogen and oxygen atoms in total. The van der Waals surface area contributed by atoms with Crippen LogP contribution in [-0.4, -0.2) is 8.42 Å². The van der Waals surface area contributed by atoms with Crippen LogP contribution >= 0.6 is 11.6 Å². The molecule has 0 saturated carbocycles. The molecule has 0 aromatic heterocycles. The Morgan fingerprint density at radius 1 is 1.05 bits per heavy atom. The molecule has 0 bridgehead atoms. The van der Waals surface area contributed by atoms with Crippen molar-refractivity contribution in [2.45, 2.75) is 4.90 Å². The molecule has 0 fully saturated rings. The van der Waals surface area contributed by atoms with Crippen LogP contribution in [0.15, 0.2) is 47.4 Å². The highest BCUT2D eigenvalue weighted by molar-refractivity contribution is 7.92. The predicted molar refractivity (Wildman–Crippen MR) is 76.5 cm³/mol. The van der Waals surface area contributed by atoms with Crippen molar-refractivity contribution in [3.63, 3.8) is 0 Å². The largest absolute Gasteiger partial charge is 0.323 e. The Hall–Kier alpha value is -1.83. The lowest BCUT2D eigenvalue weighted by Crippen LogP contribution is -2.18. The van der Waals surface area contributed by atoms with E-state index in [1.54, 1.807) is 6.07 Å². The molecule has 0 aliphatic carbocycles. The van der Waals surface area contributed by atoms with Gasteiger partial charge in [-0.2, -0.15) is 0 Å². The molecular weight excluding hydrogens is 305 g/mol. The molecule has 2 rings (SSSR count). The average molecular weight is 316 g/mol. The molecule has 0 saturated heterocycles. The van der Waals surface area contributed by atoms with Crippen LogP contribution in [0.4, 0.5) is 15.8 Å². The number of halogens is 2. The first-order chi connectivity index (χ1) is 9.45. The van der Waals surface area contributed by atoms with Gasteiger partial charge in [-0.3, -0.25) is 10.6 Å². The Kier molecular flexibility index (Phi) is 4.12. The van der Waals surface area contributed by atoms with Crippen LogP contribution in [0.25, 0.3) is 0 Å². The van der Waals surface area contributed by atoms with Crippen LogP contribution < -0.4 is 16.0 Å². The smallest absolute Gasteiger partial charge is 0.264 e. The van der Waals surface area contributed by atoms with E-state index in [9.17, 15) is 12.8 Å². The third-order valence-electron chi connectivity index (χ3n) is 2.53. The monoisotopic (exact) mass is 315 g/mol. The molecular formula is C12H11ClFN3O2S. The Labute approximate surface area is 120 Å². The second kappa shape index (κ2) is 5.66. The summed E-state index contributed by atoms with van der Waals surface area (Å²) in [7, 11) is -3.99. The van der Waals surface area contributed by atoms with E-state index in [2.05, 4.69) is 10.1 Å². The number of para-hydroxylation sites is 1. The number of rotatable bonds is 4. The van der Waals surface area contributed by atoms with Gasteiger partial charge in [0.15, 0.2) is 5.82 Å². The van der Waals surface area contributed by atoms with Gasteiger partial charge in [0.1, 0.15) is 4.90 Å². The number of sulfonamides is 1. The van der Waals surface area contributed by atoms with Crippen molar-refractivity contribution in [1.82, 2.24) is 0 Å². The first-order valence-electron chi connectivity index (χ1n) is 5.48. The van der Waals surface area contributed by atoms with Crippen molar-refractivity contribution in [1.29, 1.82) is 0 Å². The molecule has 0 aliphatic heterocycles. The number of nitrogens with one attached hydrogen (secondary N) is 2. The summed E-state index contributed by atoms with van der Waals surface area (Å²) in [6, 6.07) is 10.0. The van der Waals surface area contributed by atoms with Crippen molar-refractivity contribution in [3.05, 3.63) is 53.3 Å². The Bertz CT molecular complexity index is 737. The van der Waals surface area contributed by atoms with E-state index < -0.39 is 15.8 Å². The number of nitrogens with two attached hydrogens (primary N) is 1. The van der Waals surface area contributed by atoms with Gasteiger partial charge in [0.2, 0.25) is 0 Å². The first-order valence-corrected chi connectivity index (χ1v) is 7.34. The molecule has 0 atom stereocenters. The lowest BCUT2D eigenvalue weighted by molar-refractivity contribution is 0.599. The van der Waals surface area contributed by atoms with E-state index in [-0.39, 0.29) is 21.3 Å². The van der Waals surface area contributed by atoms with Crippen molar-refractivity contribution >= 4 is 33.0 Å². The Morgan fingerprint density at radius 3 is 2.40 bits per heavy atom. The summed E-state index contributed by atoms with van der Waals surface area (Å²) < 4.78 is 40.3. The van der Waals surface area contributed by atoms with Gasteiger partial charge < -0.3 is 5.43 Å². The zero-order chi connectivity index (χ0) is 14.8. The summed E-state index contributed by atoms with van der Waals surface area (Å²) in [6.45, 7) is 0. The second-order valence-electron chi connectivity index (χ2n) is 3.85. The molecule has 4 N–H and O–H groups in total. The summed E-state index contributed by atoms with van der Waals surface area (Å²) in [6.07, 6.45) is 0. The molecule has 106 valence electrons. The van der Waals surface area contributed by atoms with E-state index in [4.69, 9.17) is 17.4 Å². The van der Waals surface area contributed by atoms with Crippen molar-refractivity contribution in [3.8, 4) is 0 Å². The molecule has 0 aliphatic rings. The highest BCUT2D eigenvalue weighted by atomic mass is 35.5. The third-order valence-corrected chi connectivity index (χ3v) is 4.24. The highest BCUT2D eigenvalue weighted by Crippen LogP contribution is 2.26. The fourth-order valence-electron chi connectivity index (χ4n) is 1.60. The number of hydrogen-bond donors (Lipinski definition) is 3. The van der Waals surface area contributed by atoms with Gasteiger partial charge in [0, 0.05) is 0 Å². The van der Waals surface area contributed by atoms with Crippen molar-refractivity contribution in [2.24, 2.45) is 5.84 Å². The van der Waals surface area contributed by atoms with Crippen LogP contribution in [0.5, 0.6) is 0 Å². The van der Waals surface area contributed by atoms with E-state index in [0.717, 1.165) is 0 Å². The molecule has 0 radical (unpaired) electrons. The van der Waals surface area contributed by atoms with E-state index >= 15 is 0 Å². The fourth-order valence-corrected chi connectivity index (χ4v) is 3.01. The Balaban J connectivity index is 2.44. The van der Waals surface area contributed by atoms with Gasteiger partial charge in [0.25, 0.3) is 10.0 Å². The summed E-state index contributed by atoms with van der Waals surface area (Å²) in [5.41, 5.74) is 2.24. The molecule has 0 unspecified atom stereocenters. The van der Waals surface area contributed by atoms with E-state index in [0.29, 0.717) is 0 Å². The van der Waals surface area contributed by atoms with Gasteiger partial charge in [-0.15, -0.1) is 0 Å². The minimum absolute atomic E-state index is 0.0955. The molecule has 2 aromatic rings. The van der Waals surface area contributed by atoms with Crippen LogP contribution in [0.3, 0.4) is 0 Å². The number of anilines is 2. The molecule has 0 heterocycles. The normalized spacial score (nSPS) is 11.2. The maximum atomic E-state index is 13.7. The van der Waals surface area contributed by atoms with Gasteiger partial charge in [-0.05, 0) is 24.3 Å². The molecule has 2 aromatic carbocycles. The minimum Gasteiger partial charge on any atom is -0.323 e. The molecule has 8 heteroatoms. The third kappa shape index (κ3) is 2.84. The first kappa shape index (κ1) is 14.6. The maximum Gasteiger partial charge on any atom is 0.264 e. The number of hydrazine groups is 1. The van der Waals surface area contributed by atoms with E-state index in [1.807, 2.05) is 0 Å². The van der Waals surface area contributed by atoms with Gasteiger partial charge in [-0.25, -0.2) is 12.8 Å². The summed E-state index contributed by atoms with van der Waals surface area (Å²) in [5.74, 6) is 4.42. The van der Waals surface area contributed by atoms with Crippen LogP contribution in [0.1, 0.15) is 0 Å². The van der Waals surface area contributed by atoms with Gasteiger partial charge in [0.05, 0.1) is 16.4 Å². The van der Waals surface area contributed by atoms with Crippen molar-refractivity contribution < 1.29 is 12.8 Å². The summed E-state index contributed by atoms with van der Waals surface area (Å²) in [5, 5.41) is -0.171. The van der Waals surface area contributed by atoms with Crippen LogP contribution in [0, 0.1) is 5.82 Å². The van der Waals surface area contributed by atoms with Crippen molar-refractivity contribution in [2.75, 3.05) is 10.1 Å². The zero-order valence-electron chi connectivity index (χ0n) is 10.1. The SMILES string of the molecule is NNc1ccccc1S(=O)(=O)Nc1cccc(Cl)c1F. The van der Waals surface area contributed by atoms with Gasteiger partial charge in [-0.1, -0.05) is 29.8 Å². The predicted octanol–water partition coefficient (Wildman–Crippen LogP) is 2.57. The van der Waals surface area contributed by atoms with Gasteiger partial charge >= 0.3 is 0 Å². The number of benzene rings is 2.